The Labute approximate surface area is 232 Å². The minimum atomic E-state index is -3.56. The first-order valence-electron chi connectivity index (χ1n) is 13.5. The topological polar surface area (TPSA) is 143 Å². The standard InChI is InChI=1S/C28H38F2N4O6/c1-16(2)13-21(33-25(38)26(39)34-28(10-11-28)19-7-5-17(3)6-8-19)24(37)32-20(14-18-9-12-31-23(18)36)22(35)15-40-27(4,29)30/h5-8,16,18,20-21H,9-15H2,1-4H3,(H,31,36)(H,32,37)(H,33,38)(H,34,39)/t18-,20-,21-/m0/s1. The van der Waals surface area contributed by atoms with Crippen molar-refractivity contribution < 1.29 is 37.5 Å². The fourth-order valence-corrected chi connectivity index (χ4v) is 4.68. The lowest BCUT2D eigenvalue weighted by atomic mass is 9.95. The highest BCUT2D eigenvalue weighted by Crippen LogP contribution is 2.45. The SMILES string of the molecule is Cc1ccc(C2(NC(=O)C(=O)N[C@@H](CC(C)C)C(=O)N[C@@H](C[C@@H]3CCNC3=O)C(=O)COC(C)(F)F)CC2)cc1. The van der Waals surface area contributed by atoms with E-state index in [-0.39, 0.29) is 24.7 Å². The van der Waals surface area contributed by atoms with E-state index in [2.05, 4.69) is 26.0 Å². The van der Waals surface area contributed by atoms with Crippen LogP contribution in [0.1, 0.15) is 64.0 Å². The van der Waals surface area contributed by atoms with Gasteiger partial charge in [0.1, 0.15) is 12.6 Å². The van der Waals surface area contributed by atoms with Gasteiger partial charge >= 0.3 is 17.9 Å². The van der Waals surface area contributed by atoms with Crippen LogP contribution < -0.4 is 21.3 Å². The van der Waals surface area contributed by atoms with Crippen molar-refractivity contribution >= 4 is 29.4 Å². The Morgan fingerprint density at radius 3 is 2.25 bits per heavy atom. The summed E-state index contributed by atoms with van der Waals surface area (Å²) in [5.41, 5.74) is 1.30. The zero-order chi connectivity index (χ0) is 29.7. The van der Waals surface area contributed by atoms with Crippen molar-refractivity contribution in [3.8, 4) is 0 Å². The highest BCUT2D eigenvalue weighted by atomic mass is 19.3. The molecule has 1 saturated carbocycles. The average molecular weight is 565 g/mol. The number of rotatable bonds is 13. The molecule has 1 aliphatic carbocycles. The largest absolute Gasteiger partial charge is 0.356 e. The second-order valence-electron chi connectivity index (χ2n) is 11.2. The lowest BCUT2D eigenvalue weighted by Gasteiger charge is -2.25. The van der Waals surface area contributed by atoms with Crippen LogP contribution >= 0.6 is 0 Å². The van der Waals surface area contributed by atoms with Gasteiger partial charge in [-0.3, -0.25) is 24.0 Å². The molecule has 40 heavy (non-hydrogen) atoms. The number of nitrogens with one attached hydrogen (secondary N) is 4. The van der Waals surface area contributed by atoms with Gasteiger partial charge in [0, 0.05) is 19.4 Å². The molecule has 1 aromatic rings. The molecule has 4 N–H and O–H groups in total. The zero-order valence-corrected chi connectivity index (χ0v) is 23.3. The Morgan fingerprint density at radius 1 is 1.07 bits per heavy atom. The average Bonchev–Trinajstić information content (AvgIpc) is 3.54. The summed E-state index contributed by atoms with van der Waals surface area (Å²) in [7, 11) is 0. The van der Waals surface area contributed by atoms with Crippen molar-refractivity contribution in [2.45, 2.75) is 83.5 Å². The second-order valence-corrected chi connectivity index (χ2v) is 11.2. The Balaban J connectivity index is 1.68. The van der Waals surface area contributed by atoms with Crippen LogP contribution in [0.15, 0.2) is 24.3 Å². The smallest absolute Gasteiger partial charge is 0.353 e. The number of benzene rings is 1. The van der Waals surface area contributed by atoms with Gasteiger partial charge in [0.15, 0.2) is 5.78 Å². The molecule has 3 atom stereocenters. The number of alkyl halides is 2. The maximum atomic E-state index is 13.3. The van der Waals surface area contributed by atoms with Crippen LogP contribution in [0, 0.1) is 18.8 Å². The molecular weight excluding hydrogens is 526 g/mol. The van der Waals surface area contributed by atoms with E-state index in [0.29, 0.717) is 32.7 Å². The van der Waals surface area contributed by atoms with Crippen LogP contribution in [0.3, 0.4) is 0 Å². The van der Waals surface area contributed by atoms with E-state index >= 15 is 0 Å². The van der Waals surface area contributed by atoms with E-state index in [1.165, 1.54) is 0 Å². The van der Waals surface area contributed by atoms with Crippen LogP contribution in [-0.4, -0.2) is 60.8 Å². The molecule has 0 spiro atoms. The molecule has 1 heterocycles. The van der Waals surface area contributed by atoms with E-state index in [1.807, 2.05) is 45.0 Å². The minimum absolute atomic E-state index is 0.0849. The first-order chi connectivity index (χ1) is 18.7. The Bertz CT molecular complexity index is 1110. The maximum absolute atomic E-state index is 13.3. The van der Waals surface area contributed by atoms with Crippen molar-refractivity contribution in [3.05, 3.63) is 35.4 Å². The lowest BCUT2D eigenvalue weighted by molar-refractivity contribution is -0.223. The maximum Gasteiger partial charge on any atom is 0.353 e. The predicted octanol–water partition coefficient (Wildman–Crippen LogP) is 1.84. The van der Waals surface area contributed by atoms with Crippen LogP contribution in [-0.2, 0) is 34.2 Å². The summed E-state index contributed by atoms with van der Waals surface area (Å²) >= 11 is 0. The van der Waals surface area contributed by atoms with Crippen LogP contribution in [0.4, 0.5) is 8.78 Å². The van der Waals surface area contributed by atoms with E-state index in [4.69, 9.17) is 0 Å². The molecule has 1 saturated heterocycles. The van der Waals surface area contributed by atoms with Crippen molar-refractivity contribution in [1.29, 1.82) is 0 Å². The molecule has 2 aliphatic rings. The summed E-state index contributed by atoms with van der Waals surface area (Å²) in [5.74, 6) is -4.50. The lowest BCUT2D eigenvalue weighted by Crippen LogP contribution is -2.55. The highest BCUT2D eigenvalue weighted by Gasteiger charge is 2.46. The molecule has 0 aromatic heterocycles. The van der Waals surface area contributed by atoms with Crippen molar-refractivity contribution in [1.82, 2.24) is 21.3 Å². The number of hydrogen-bond acceptors (Lipinski definition) is 6. The summed E-state index contributed by atoms with van der Waals surface area (Å²) in [4.78, 5) is 63.8. The Morgan fingerprint density at radius 2 is 1.73 bits per heavy atom. The third-order valence-corrected chi connectivity index (χ3v) is 7.10. The fourth-order valence-electron chi connectivity index (χ4n) is 4.68. The van der Waals surface area contributed by atoms with Crippen LogP contribution in [0.25, 0.3) is 0 Å². The summed E-state index contributed by atoms with van der Waals surface area (Å²) in [6.07, 6.45) is -1.78. The van der Waals surface area contributed by atoms with Crippen molar-refractivity contribution in [2.24, 2.45) is 11.8 Å². The number of carbonyl (C=O) groups is 5. The van der Waals surface area contributed by atoms with Gasteiger partial charge in [-0.05, 0) is 50.5 Å². The molecule has 0 unspecified atom stereocenters. The van der Waals surface area contributed by atoms with Gasteiger partial charge in [0.2, 0.25) is 11.8 Å². The molecular formula is C28H38F2N4O6. The number of ketones is 1. The quantitative estimate of drug-likeness (QED) is 0.269. The second kappa shape index (κ2) is 12.8. The number of hydrogen-bond donors (Lipinski definition) is 4. The summed E-state index contributed by atoms with van der Waals surface area (Å²) in [6.45, 7) is 5.47. The highest BCUT2D eigenvalue weighted by molar-refractivity contribution is 6.35. The Kier molecular flexibility index (Phi) is 9.99. The molecule has 1 aliphatic heterocycles. The first kappa shape index (κ1) is 31.1. The minimum Gasteiger partial charge on any atom is -0.356 e. The predicted molar refractivity (Wildman–Crippen MR) is 141 cm³/mol. The molecule has 2 fully saturated rings. The molecule has 220 valence electrons. The van der Waals surface area contributed by atoms with Gasteiger partial charge in [0.25, 0.3) is 0 Å². The van der Waals surface area contributed by atoms with Gasteiger partial charge in [-0.2, -0.15) is 8.78 Å². The number of halogens is 2. The van der Waals surface area contributed by atoms with E-state index in [9.17, 15) is 32.8 Å². The van der Waals surface area contributed by atoms with Crippen LogP contribution in [0.5, 0.6) is 0 Å². The van der Waals surface area contributed by atoms with E-state index in [0.717, 1.165) is 11.1 Å². The van der Waals surface area contributed by atoms with Gasteiger partial charge in [-0.15, -0.1) is 0 Å². The number of carbonyl (C=O) groups excluding carboxylic acids is 5. The normalized spacial score (nSPS) is 19.4. The molecule has 4 amide bonds. The zero-order valence-electron chi connectivity index (χ0n) is 23.3. The number of ether oxygens (including phenoxy) is 1. The molecule has 0 radical (unpaired) electrons. The van der Waals surface area contributed by atoms with Gasteiger partial charge in [-0.25, -0.2) is 0 Å². The monoisotopic (exact) mass is 564 g/mol. The molecule has 12 heteroatoms. The number of amides is 4. The Hall–Kier alpha value is -3.41. The number of Topliss-reactive ketones (excluding diaryl/α,β-unsaturated/α-hetero) is 1. The summed E-state index contributed by atoms with van der Waals surface area (Å²) < 4.78 is 30.7. The van der Waals surface area contributed by atoms with Crippen LogP contribution in [0.2, 0.25) is 0 Å². The summed E-state index contributed by atoms with van der Waals surface area (Å²) in [6, 6.07) is 5.15. The third-order valence-electron chi connectivity index (χ3n) is 7.10. The van der Waals surface area contributed by atoms with E-state index < -0.39 is 59.8 Å². The fraction of sp³-hybridized carbons (Fsp3) is 0.607. The van der Waals surface area contributed by atoms with E-state index in [1.54, 1.807) is 0 Å². The first-order valence-corrected chi connectivity index (χ1v) is 13.5. The van der Waals surface area contributed by atoms with Crippen molar-refractivity contribution in [3.63, 3.8) is 0 Å². The van der Waals surface area contributed by atoms with Gasteiger partial charge in [-0.1, -0.05) is 43.7 Å². The van der Waals surface area contributed by atoms with Gasteiger partial charge in [0.05, 0.1) is 11.6 Å². The molecule has 1 aromatic carbocycles. The molecule has 0 bridgehead atoms. The molecule has 3 rings (SSSR count). The molecule has 10 nitrogen and oxygen atoms in total. The number of aryl methyl sites for hydroxylation is 1. The summed E-state index contributed by atoms with van der Waals surface area (Å²) in [5, 5.41) is 10.4. The van der Waals surface area contributed by atoms with Gasteiger partial charge < -0.3 is 26.0 Å². The van der Waals surface area contributed by atoms with Crippen molar-refractivity contribution in [2.75, 3.05) is 13.2 Å². The third kappa shape index (κ3) is 8.80.